The minimum Gasteiger partial charge on any atom is -0.343 e. The second kappa shape index (κ2) is 8.82. The minimum absolute atomic E-state index is 0.0317. The number of aromatic nitrogens is 6. The molecule has 0 bridgehead atoms. The van der Waals surface area contributed by atoms with E-state index in [1.165, 1.54) is 0 Å². The Balaban J connectivity index is 1.92. The highest BCUT2D eigenvalue weighted by atomic mass is 16.2. The number of imidazole rings is 1. The molecule has 0 fully saturated rings. The summed E-state index contributed by atoms with van der Waals surface area (Å²) in [7, 11) is 3.60. The van der Waals surface area contributed by atoms with Crippen LogP contribution in [0, 0.1) is 0 Å². The van der Waals surface area contributed by atoms with Crippen molar-refractivity contribution >= 4 is 5.91 Å². The van der Waals surface area contributed by atoms with Crippen LogP contribution in [-0.4, -0.2) is 67.3 Å². The summed E-state index contributed by atoms with van der Waals surface area (Å²) < 4.78 is 3.21. The molecule has 10 heteroatoms. The molecule has 3 rings (SSSR count). The van der Waals surface area contributed by atoms with Crippen LogP contribution in [-0.2, 0) is 11.3 Å². The fourth-order valence-electron chi connectivity index (χ4n) is 2.97. The van der Waals surface area contributed by atoms with E-state index in [0.717, 1.165) is 6.54 Å². The van der Waals surface area contributed by atoms with E-state index in [0.29, 0.717) is 29.3 Å². The molecular formula is C19H26N8O2. The summed E-state index contributed by atoms with van der Waals surface area (Å²) in [4.78, 5) is 38.2. The van der Waals surface area contributed by atoms with E-state index in [1.807, 2.05) is 20.9 Å². The summed E-state index contributed by atoms with van der Waals surface area (Å²) in [5, 5.41) is 7.32. The molecule has 0 saturated heterocycles. The van der Waals surface area contributed by atoms with Crippen LogP contribution >= 0.6 is 0 Å². The SMILES string of the molecule is CNCCN(C)C(=O)Cn1cc(-c2nc(-n3ccnc3)[nH]c(=O)c2C(C)C)cn1. The maximum absolute atomic E-state index is 12.7. The molecule has 0 radical (unpaired) electrons. The van der Waals surface area contributed by atoms with Crippen molar-refractivity contribution < 1.29 is 4.79 Å². The van der Waals surface area contributed by atoms with Gasteiger partial charge in [0.1, 0.15) is 12.9 Å². The van der Waals surface area contributed by atoms with E-state index in [1.54, 1.807) is 52.3 Å². The first-order valence-electron chi connectivity index (χ1n) is 9.44. The maximum Gasteiger partial charge on any atom is 0.256 e. The minimum atomic E-state index is -0.204. The predicted molar refractivity (Wildman–Crippen MR) is 109 cm³/mol. The number of likely N-dealkylation sites (N-methyl/N-ethyl adjacent to an activating group) is 2. The van der Waals surface area contributed by atoms with E-state index in [4.69, 9.17) is 0 Å². The Kier molecular flexibility index (Phi) is 6.23. The maximum atomic E-state index is 12.7. The van der Waals surface area contributed by atoms with Crippen molar-refractivity contribution in [1.29, 1.82) is 0 Å². The first-order chi connectivity index (χ1) is 13.9. The van der Waals surface area contributed by atoms with Crippen LogP contribution < -0.4 is 10.9 Å². The molecule has 0 unspecified atom stereocenters. The van der Waals surface area contributed by atoms with Crippen LogP contribution in [0.15, 0.2) is 35.9 Å². The number of carbonyl (C=O) groups is 1. The van der Waals surface area contributed by atoms with Gasteiger partial charge >= 0.3 is 0 Å². The average Bonchev–Trinajstić information content (AvgIpc) is 3.37. The first kappa shape index (κ1) is 20.5. The number of hydrogen-bond donors (Lipinski definition) is 2. The summed E-state index contributed by atoms with van der Waals surface area (Å²) in [5.41, 5.74) is 1.61. The fourth-order valence-corrected chi connectivity index (χ4v) is 2.97. The van der Waals surface area contributed by atoms with Gasteiger partial charge in [-0.3, -0.25) is 23.8 Å². The molecule has 0 aliphatic heterocycles. The number of nitrogens with one attached hydrogen (secondary N) is 2. The number of hydrogen-bond acceptors (Lipinski definition) is 6. The molecule has 154 valence electrons. The van der Waals surface area contributed by atoms with Crippen LogP contribution in [0.5, 0.6) is 0 Å². The highest BCUT2D eigenvalue weighted by Crippen LogP contribution is 2.25. The topological polar surface area (TPSA) is 114 Å². The smallest absolute Gasteiger partial charge is 0.256 e. The number of carbonyl (C=O) groups excluding carboxylic acids is 1. The number of amides is 1. The molecule has 29 heavy (non-hydrogen) atoms. The van der Waals surface area contributed by atoms with Gasteiger partial charge in [-0.15, -0.1) is 0 Å². The quantitative estimate of drug-likeness (QED) is 0.575. The van der Waals surface area contributed by atoms with Crippen molar-refractivity contribution in [2.75, 3.05) is 27.2 Å². The summed E-state index contributed by atoms with van der Waals surface area (Å²) in [6, 6.07) is 0. The molecule has 0 aromatic carbocycles. The zero-order valence-electron chi connectivity index (χ0n) is 17.1. The summed E-state index contributed by atoms with van der Waals surface area (Å²) >= 11 is 0. The Morgan fingerprint density at radius 1 is 1.38 bits per heavy atom. The van der Waals surface area contributed by atoms with Crippen molar-refractivity contribution in [2.24, 2.45) is 0 Å². The molecule has 0 atom stereocenters. The lowest BCUT2D eigenvalue weighted by molar-refractivity contribution is -0.130. The molecule has 10 nitrogen and oxygen atoms in total. The van der Waals surface area contributed by atoms with E-state index in [-0.39, 0.29) is 23.9 Å². The monoisotopic (exact) mass is 398 g/mol. The highest BCUT2D eigenvalue weighted by Gasteiger charge is 2.19. The van der Waals surface area contributed by atoms with Crippen LogP contribution in [0.4, 0.5) is 0 Å². The van der Waals surface area contributed by atoms with Crippen molar-refractivity contribution in [2.45, 2.75) is 26.3 Å². The lowest BCUT2D eigenvalue weighted by Crippen LogP contribution is -2.35. The van der Waals surface area contributed by atoms with Gasteiger partial charge in [-0.25, -0.2) is 9.97 Å². The van der Waals surface area contributed by atoms with Gasteiger partial charge in [-0.2, -0.15) is 5.10 Å². The Bertz CT molecular complexity index is 1020. The summed E-state index contributed by atoms with van der Waals surface area (Å²) in [5.74, 6) is 0.301. The van der Waals surface area contributed by atoms with E-state index in [2.05, 4.69) is 25.4 Å². The lowest BCUT2D eigenvalue weighted by Gasteiger charge is -2.16. The Hall–Kier alpha value is -3.27. The molecule has 2 N–H and O–H groups in total. The average molecular weight is 398 g/mol. The van der Waals surface area contributed by atoms with Crippen LogP contribution in [0.25, 0.3) is 17.2 Å². The van der Waals surface area contributed by atoms with Gasteiger partial charge in [0, 0.05) is 49.9 Å². The normalized spacial score (nSPS) is 11.2. The van der Waals surface area contributed by atoms with Gasteiger partial charge < -0.3 is 10.2 Å². The molecule has 0 aliphatic rings. The third-order valence-electron chi connectivity index (χ3n) is 4.60. The summed E-state index contributed by atoms with van der Waals surface area (Å²) in [6.07, 6.45) is 8.27. The van der Waals surface area contributed by atoms with Crippen LogP contribution in [0.2, 0.25) is 0 Å². The Morgan fingerprint density at radius 2 is 2.17 bits per heavy atom. The van der Waals surface area contributed by atoms with Gasteiger partial charge in [-0.05, 0) is 13.0 Å². The second-order valence-electron chi connectivity index (χ2n) is 7.12. The molecule has 1 amide bonds. The highest BCUT2D eigenvalue weighted by molar-refractivity contribution is 5.75. The van der Waals surface area contributed by atoms with Crippen molar-refractivity contribution in [3.63, 3.8) is 0 Å². The number of aromatic amines is 1. The summed E-state index contributed by atoms with van der Waals surface area (Å²) in [6.45, 7) is 5.34. The molecule has 0 aliphatic carbocycles. The van der Waals surface area contributed by atoms with E-state index in [9.17, 15) is 9.59 Å². The van der Waals surface area contributed by atoms with Crippen molar-refractivity contribution in [3.8, 4) is 17.2 Å². The second-order valence-corrected chi connectivity index (χ2v) is 7.12. The van der Waals surface area contributed by atoms with E-state index >= 15 is 0 Å². The van der Waals surface area contributed by atoms with Gasteiger partial charge in [0.25, 0.3) is 5.56 Å². The largest absolute Gasteiger partial charge is 0.343 e. The zero-order valence-corrected chi connectivity index (χ0v) is 17.1. The predicted octanol–water partition coefficient (Wildman–Crippen LogP) is 0.620. The molecular weight excluding hydrogens is 372 g/mol. The van der Waals surface area contributed by atoms with Gasteiger partial charge in [-0.1, -0.05) is 13.8 Å². The molecule has 3 aromatic heterocycles. The number of H-pyrrole nitrogens is 1. The zero-order chi connectivity index (χ0) is 21.0. The first-order valence-corrected chi connectivity index (χ1v) is 9.44. The van der Waals surface area contributed by atoms with E-state index < -0.39 is 0 Å². The van der Waals surface area contributed by atoms with Crippen molar-refractivity contribution in [3.05, 3.63) is 47.0 Å². The van der Waals surface area contributed by atoms with Crippen molar-refractivity contribution in [1.82, 2.24) is 39.5 Å². The van der Waals surface area contributed by atoms with Gasteiger partial charge in [0.15, 0.2) is 0 Å². The fraction of sp³-hybridized carbons (Fsp3) is 0.421. The third kappa shape index (κ3) is 4.60. The lowest BCUT2D eigenvalue weighted by atomic mass is 10.0. The number of rotatable bonds is 8. The van der Waals surface area contributed by atoms with Gasteiger partial charge in [0.05, 0.1) is 11.9 Å². The van der Waals surface area contributed by atoms with Gasteiger partial charge in [0.2, 0.25) is 11.9 Å². The molecule has 0 spiro atoms. The van der Waals surface area contributed by atoms with Crippen LogP contribution in [0.3, 0.4) is 0 Å². The standard InChI is InChI=1S/C19H26N8O2/c1-13(2)16-17(23-19(24-18(16)29)26-8-6-21-12-26)14-9-22-27(10-14)11-15(28)25(4)7-5-20-3/h6,8-10,12-13,20H,5,7,11H2,1-4H3,(H,23,24,29). The third-order valence-corrected chi connectivity index (χ3v) is 4.60. The molecule has 3 heterocycles. The molecule has 3 aromatic rings. The number of nitrogens with zero attached hydrogens (tertiary/aromatic N) is 6. The Morgan fingerprint density at radius 3 is 2.83 bits per heavy atom. The Labute approximate surface area is 168 Å². The molecule has 0 saturated carbocycles. The van der Waals surface area contributed by atoms with Crippen LogP contribution in [0.1, 0.15) is 25.3 Å².